The van der Waals surface area contributed by atoms with Crippen molar-refractivity contribution < 1.29 is 4.74 Å². The molecule has 2 heterocycles. The smallest absolute Gasteiger partial charge is 0.184 e. The van der Waals surface area contributed by atoms with Gasteiger partial charge in [0.1, 0.15) is 4.60 Å². The second-order valence-electron chi connectivity index (χ2n) is 3.82. The topological polar surface area (TPSA) is 34.2 Å². The number of hydrogen-bond acceptors (Lipinski definition) is 4. The first-order chi connectivity index (χ1) is 6.68. The Morgan fingerprint density at radius 2 is 2.57 bits per heavy atom. The molecule has 78 valence electrons. The minimum atomic E-state index is 0.0511. The summed E-state index contributed by atoms with van der Waals surface area (Å²) >= 11 is 4.96. The summed E-state index contributed by atoms with van der Waals surface area (Å²) in [6.45, 7) is 3.84. The molecule has 1 atom stereocenters. The van der Waals surface area contributed by atoms with Gasteiger partial charge in [0, 0.05) is 12.0 Å². The lowest BCUT2D eigenvalue weighted by molar-refractivity contribution is 0.0540. The average molecular weight is 277 g/mol. The van der Waals surface area contributed by atoms with Crippen LogP contribution in [0.25, 0.3) is 0 Å². The monoisotopic (exact) mass is 276 g/mol. The molecule has 0 amide bonds. The number of nitrogens with one attached hydrogen (secondary N) is 1. The lowest BCUT2D eigenvalue weighted by atomic mass is 9.95. The lowest BCUT2D eigenvalue weighted by Crippen LogP contribution is -2.42. The quantitative estimate of drug-likeness (QED) is 0.902. The van der Waals surface area contributed by atoms with Crippen molar-refractivity contribution in [2.45, 2.75) is 25.3 Å². The molecule has 1 aliphatic rings. The molecule has 0 aromatic carbocycles. The van der Waals surface area contributed by atoms with E-state index in [1.54, 1.807) is 11.3 Å². The number of hydrogen-bond donors (Lipinski definition) is 1. The van der Waals surface area contributed by atoms with Gasteiger partial charge in [0.05, 0.1) is 12.1 Å². The summed E-state index contributed by atoms with van der Waals surface area (Å²) in [5.74, 6) is 0. The zero-order chi connectivity index (χ0) is 10.0. The SMILES string of the molecule is CC1(Nc2nc(Br)cs2)CCCOC1. The first kappa shape index (κ1) is 10.4. The van der Waals surface area contributed by atoms with Gasteiger partial charge in [-0.3, -0.25) is 0 Å². The van der Waals surface area contributed by atoms with Crippen molar-refractivity contribution in [3.63, 3.8) is 0 Å². The van der Waals surface area contributed by atoms with E-state index in [1.807, 2.05) is 5.38 Å². The normalized spacial score (nSPS) is 27.6. The fourth-order valence-electron chi connectivity index (χ4n) is 1.60. The summed E-state index contributed by atoms with van der Waals surface area (Å²) in [6.07, 6.45) is 2.26. The summed E-state index contributed by atoms with van der Waals surface area (Å²) in [4.78, 5) is 4.32. The van der Waals surface area contributed by atoms with Crippen LogP contribution in [0.3, 0.4) is 0 Å². The molecule has 1 unspecified atom stereocenters. The van der Waals surface area contributed by atoms with Crippen LogP contribution in [0.4, 0.5) is 5.13 Å². The Morgan fingerprint density at radius 1 is 1.71 bits per heavy atom. The van der Waals surface area contributed by atoms with Crippen LogP contribution in [0.5, 0.6) is 0 Å². The molecule has 0 spiro atoms. The standard InChI is InChI=1S/C9H13BrN2OS/c1-9(3-2-4-13-6-9)12-8-11-7(10)5-14-8/h5H,2-4,6H2,1H3,(H,11,12). The molecule has 1 N–H and O–H groups in total. The van der Waals surface area contributed by atoms with Crippen LogP contribution >= 0.6 is 27.3 Å². The highest BCUT2D eigenvalue weighted by Crippen LogP contribution is 2.27. The summed E-state index contributed by atoms with van der Waals surface area (Å²) in [7, 11) is 0. The van der Waals surface area contributed by atoms with Crippen LogP contribution in [0.15, 0.2) is 9.98 Å². The number of rotatable bonds is 2. The molecule has 0 saturated carbocycles. The van der Waals surface area contributed by atoms with Gasteiger partial charge < -0.3 is 10.1 Å². The predicted molar refractivity (Wildman–Crippen MR) is 61.9 cm³/mol. The Hall–Kier alpha value is -0.130. The lowest BCUT2D eigenvalue weighted by Gasteiger charge is -2.34. The van der Waals surface area contributed by atoms with Crippen LogP contribution in [0, 0.1) is 0 Å². The predicted octanol–water partition coefficient (Wildman–Crippen LogP) is 2.89. The minimum absolute atomic E-state index is 0.0511. The molecule has 1 aromatic heterocycles. The molecule has 1 saturated heterocycles. The number of anilines is 1. The van der Waals surface area contributed by atoms with Crippen LogP contribution in [-0.2, 0) is 4.74 Å². The molecule has 5 heteroatoms. The van der Waals surface area contributed by atoms with Gasteiger partial charge in [-0.05, 0) is 35.7 Å². The molecule has 3 nitrogen and oxygen atoms in total. The first-order valence-electron chi connectivity index (χ1n) is 4.65. The van der Waals surface area contributed by atoms with E-state index >= 15 is 0 Å². The van der Waals surface area contributed by atoms with Crippen LogP contribution in [0.1, 0.15) is 19.8 Å². The van der Waals surface area contributed by atoms with Crippen molar-refractivity contribution in [1.82, 2.24) is 4.98 Å². The van der Waals surface area contributed by atoms with Gasteiger partial charge >= 0.3 is 0 Å². The molecule has 0 aliphatic carbocycles. The fourth-order valence-corrected chi connectivity index (χ4v) is 2.90. The van der Waals surface area contributed by atoms with Gasteiger partial charge in [0.25, 0.3) is 0 Å². The molecule has 0 bridgehead atoms. The van der Waals surface area contributed by atoms with Crippen LogP contribution in [0.2, 0.25) is 0 Å². The number of nitrogens with zero attached hydrogens (tertiary/aromatic N) is 1. The summed E-state index contributed by atoms with van der Waals surface area (Å²) < 4.78 is 6.36. The highest BCUT2D eigenvalue weighted by molar-refractivity contribution is 9.10. The van der Waals surface area contributed by atoms with E-state index in [9.17, 15) is 0 Å². The van der Waals surface area contributed by atoms with Gasteiger partial charge in [-0.25, -0.2) is 4.98 Å². The Balaban J connectivity index is 2.01. The summed E-state index contributed by atoms with van der Waals surface area (Å²) in [6, 6.07) is 0. The second kappa shape index (κ2) is 4.16. The van der Waals surface area contributed by atoms with Gasteiger partial charge in [-0.15, -0.1) is 11.3 Å². The first-order valence-corrected chi connectivity index (χ1v) is 6.32. The van der Waals surface area contributed by atoms with Gasteiger partial charge in [0.2, 0.25) is 0 Å². The Kier molecular flexibility index (Phi) is 3.09. The van der Waals surface area contributed by atoms with Gasteiger partial charge in [-0.2, -0.15) is 0 Å². The molecular weight excluding hydrogens is 264 g/mol. The Morgan fingerprint density at radius 3 is 3.14 bits per heavy atom. The van der Waals surface area contributed by atoms with E-state index in [0.29, 0.717) is 0 Å². The average Bonchev–Trinajstić information content (AvgIpc) is 2.51. The van der Waals surface area contributed by atoms with Crippen molar-refractivity contribution >= 4 is 32.4 Å². The Labute approximate surface area is 96.0 Å². The highest BCUT2D eigenvalue weighted by Gasteiger charge is 2.28. The zero-order valence-electron chi connectivity index (χ0n) is 8.05. The third-order valence-electron chi connectivity index (χ3n) is 2.32. The number of thiazole rings is 1. The number of ether oxygens (including phenoxy) is 1. The molecule has 0 radical (unpaired) electrons. The van der Waals surface area contributed by atoms with Crippen molar-refractivity contribution in [3.8, 4) is 0 Å². The van der Waals surface area contributed by atoms with Crippen molar-refractivity contribution in [3.05, 3.63) is 9.98 Å². The third kappa shape index (κ3) is 2.46. The van der Waals surface area contributed by atoms with Crippen LogP contribution < -0.4 is 5.32 Å². The maximum Gasteiger partial charge on any atom is 0.184 e. The van der Waals surface area contributed by atoms with Crippen molar-refractivity contribution in [1.29, 1.82) is 0 Å². The highest BCUT2D eigenvalue weighted by atomic mass is 79.9. The van der Waals surface area contributed by atoms with E-state index in [4.69, 9.17) is 4.74 Å². The van der Waals surface area contributed by atoms with Gasteiger partial charge in [-0.1, -0.05) is 0 Å². The zero-order valence-corrected chi connectivity index (χ0v) is 10.4. The molecular formula is C9H13BrN2OS. The minimum Gasteiger partial charge on any atom is -0.379 e. The van der Waals surface area contributed by atoms with E-state index in [0.717, 1.165) is 35.8 Å². The van der Waals surface area contributed by atoms with Crippen LogP contribution in [-0.4, -0.2) is 23.7 Å². The maximum absolute atomic E-state index is 5.47. The Bertz CT molecular complexity index is 310. The molecule has 14 heavy (non-hydrogen) atoms. The fraction of sp³-hybridized carbons (Fsp3) is 0.667. The van der Waals surface area contributed by atoms with E-state index in [1.165, 1.54) is 0 Å². The van der Waals surface area contributed by atoms with Gasteiger partial charge in [0.15, 0.2) is 5.13 Å². The largest absolute Gasteiger partial charge is 0.379 e. The summed E-state index contributed by atoms with van der Waals surface area (Å²) in [5, 5.41) is 6.37. The number of halogens is 1. The number of aromatic nitrogens is 1. The van der Waals surface area contributed by atoms with E-state index in [2.05, 4.69) is 33.2 Å². The molecule has 1 fully saturated rings. The molecule has 1 aliphatic heterocycles. The van der Waals surface area contributed by atoms with Crippen molar-refractivity contribution in [2.24, 2.45) is 0 Å². The van der Waals surface area contributed by atoms with E-state index < -0.39 is 0 Å². The molecule has 1 aromatic rings. The van der Waals surface area contributed by atoms with Crippen molar-refractivity contribution in [2.75, 3.05) is 18.5 Å². The third-order valence-corrected chi connectivity index (χ3v) is 3.79. The van der Waals surface area contributed by atoms with E-state index in [-0.39, 0.29) is 5.54 Å². The maximum atomic E-state index is 5.47. The molecule has 2 rings (SSSR count). The summed E-state index contributed by atoms with van der Waals surface area (Å²) in [5.41, 5.74) is 0.0511. The second-order valence-corrected chi connectivity index (χ2v) is 5.49.